The van der Waals surface area contributed by atoms with E-state index >= 15 is 0 Å². The molecule has 1 aliphatic rings. The van der Waals surface area contributed by atoms with Crippen molar-refractivity contribution in [2.24, 2.45) is 5.92 Å². The lowest BCUT2D eigenvalue weighted by atomic mass is 10.1. The van der Waals surface area contributed by atoms with Crippen LogP contribution in [-0.2, 0) is 22.6 Å². The molecule has 8 heteroatoms. The van der Waals surface area contributed by atoms with Crippen LogP contribution in [0.15, 0.2) is 47.1 Å². The molecule has 28 heavy (non-hydrogen) atoms. The molecule has 0 saturated carbocycles. The molecule has 5 nitrogen and oxygen atoms in total. The molecule has 1 fully saturated rings. The highest BCUT2D eigenvalue weighted by atomic mass is 19.4. The normalized spacial score (nSPS) is 17.2. The molecule has 0 radical (unpaired) electrons. The van der Waals surface area contributed by atoms with Crippen molar-refractivity contribution in [3.63, 3.8) is 0 Å². The molecule has 1 saturated heterocycles. The summed E-state index contributed by atoms with van der Waals surface area (Å²) < 4.78 is 44.0. The first-order valence-corrected chi connectivity index (χ1v) is 9.04. The van der Waals surface area contributed by atoms with Crippen LogP contribution < -0.4 is 4.90 Å². The summed E-state index contributed by atoms with van der Waals surface area (Å²) in [7, 11) is 0. The van der Waals surface area contributed by atoms with Crippen LogP contribution in [0.25, 0.3) is 0 Å². The molecule has 0 spiro atoms. The van der Waals surface area contributed by atoms with Gasteiger partial charge in [-0.1, -0.05) is 19.1 Å². The Morgan fingerprint density at radius 1 is 1.25 bits per heavy atom. The average Bonchev–Trinajstić information content (AvgIpc) is 3.29. The van der Waals surface area contributed by atoms with Crippen molar-refractivity contribution in [3.8, 4) is 0 Å². The molecule has 1 unspecified atom stereocenters. The summed E-state index contributed by atoms with van der Waals surface area (Å²) in [5, 5.41) is 0. The molecule has 2 heterocycles. The standard InChI is InChI=1S/C20H21F3N2O3/c1-2-14-5-7-16(8-6-14)25-11-15(10-18(25)26)19(27)24(13-20(21,22)23)12-17-4-3-9-28-17/h3-9,15H,2,10-13H2,1H3. The largest absolute Gasteiger partial charge is 0.467 e. The fourth-order valence-corrected chi connectivity index (χ4v) is 3.31. The zero-order chi connectivity index (χ0) is 20.3. The molecule has 2 aromatic rings. The Morgan fingerprint density at radius 3 is 2.54 bits per heavy atom. The van der Waals surface area contributed by atoms with Crippen LogP contribution in [0.2, 0.25) is 0 Å². The summed E-state index contributed by atoms with van der Waals surface area (Å²) >= 11 is 0. The summed E-state index contributed by atoms with van der Waals surface area (Å²) in [4.78, 5) is 27.3. The van der Waals surface area contributed by atoms with E-state index in [4.69, 9.17) is 4.42 Å². The van der Waals surface area contributed by atoms with Gasteiger partial charge < -0.3 is 14.2 Å². The number of alkyl halides is 3. The van der Waals surface area contributed by atoms with Crippen LogP contribution >= 0.6 is 0 Å². The molecular formula is C20H21F3N2O3. The second-order valence-corrected chi connectivity index (χ2v) is 6.81. The molecule has 3 rings (SSSR count). The number of furan rings is 1. The Labute approximate surface area is 160 Å². The predicted octanol–water partition coefficient (Wildman–Crippen LogP) is 3.79. The molecule has 0 aliphatic carbocycles. The van der Waals surface area contributed by atoms with Gasteiger partial charge in [-0.2, -0.15) is 13.2 Å². The van der Waals surface area contributed by atoms with Crippen LogP contribution in [0.1, 0.15) is 24.7 Å². The molecule has 1 aromatic heterocycles. The fourth-order valence-electron chi connectivity index (χ4n) is 3.31. The monoisotopic (exact) mass is 394 g/mol. The Morgan fingerprint density at radius 2 is 1.96 bits per heavy atom. The zero-order valence-electron chi connectivity index (χ0n) is 15.4. The van der Waals surface area contributed by atoms with Crippen LogP contribution in [0.4, 0.5) is 18.9 Å². The lowest BCUT2D eigenvalue weighted by Crippen LogP contribution is -2.42. The number of amides is 2. The molecule has 1 aromatic carbocycles. The van der Waals surface area contributed by atoms with Crippen molar-refractivity contribution in [1.29, 1.82) is 0 Å². The highest BCUT2D eigenvalue weighted by Gasteiger charge is 2.40. The van der Waals surface area contributed by atoms with Gasteiger partial charge in [0.05, 0.1) is 18.7 Å². The summed E-state index contributed by atoms with van der Waals surface area (Å²) in [6, 6.07) is 10.4. The fraction of sp³-hybridized carbons (Fsp3) is 0.400. The third kappa shape index (κ3) is 4.74. The van der Waals surface area contributed by atoms with Gasteiger partial charge in [0.2, 0.25) is 11.8 Å². The Kier molecular flexibility index (Phi) is 5.76. The summed E-state index contributed by atoms with van der Waals surface area (Å²) in [5.41, 5.74) is 1.75. The number of nitrogens with zero attached hydrogens (tertiary/aromatic N) is 2. The molecule has 1 atom stereocenters. The molecule has 2 amide bonds. The molecule has 150 valence electrons. The van der Waals surface area contributed by atoms with Gasteiger partial charge in [0.25, 0.3) is 0 Å². The zero-order valence-corrected chi connectivity index (χ0v) is 15.4. The topological polar surface area (TPSA) is 53.8 Å². The van der Waals surface area contributed by atoms with Gasteiger partial charge in [-0.15, -0.1) is 0 Å². The van der Waals surface area contributed by atoms with Gasteiger partial charge in [-0.25, -0.2) is 0 Å². The molecule has 0 bridgehead atoms. The minimum absolute atomic E-state index is 0.0651. The lowest BCUT2D eigenvalue weighted by Gasteiger charge is -2.26. The van der Waals surface area contributed by atoms with Crippen molar-refractivity contribution >= 4 is 17.5 Å². The minimum atomic E-state index is -4.54. The van der Waals surface area contributed by atoms with Crippen LogP contribution in [0.3, 0.4) is 0 Å². The molecule has 0 N–H and O–H groups in total. The van der Waals surface area contributed by atoms with Crippen LogP contribution in [-0.4, -0.2) is 36.0 Å². The summed E-state index contributed by atoms with van der Waals surface area (Å²) in [6.07, 6.45) is -2.46. The highest BCUT2D eigenvalue weighted by Crippen LogP contribution is 2.28. The summed E-state index contributed by atoms with van der Waals surface area (Å²) in [5.74, 6) is -1.54. The van der Waals surface area contributed by atoms with Gasteiger partial charge in [0.1, 0.15) is 12.3 Å². The van der Waals surface area contributed by atoms with E-state index in [-0.39, 0.29) is 31.2 Å². The first-order chi connectivity index (χ1) is 13.3. The Hall–Kier alpha value is -2.77. The SMILES string of the molecule is CCc1ccc(N2CC(C(=O)N(Cc3ccco3)CC(F)(F)F)CC2=O)cc1. The highest BCUT2D eigenvalue weighted by molar-refractivity contribution is 6.00. The first kappa shape index (κ1) is 20.0. The second-order valence-electron chi connectivity index (χ2n) is 6.81. The van der Waals surface area contributed by atoms with Crippen LogP contribution in [0, 0.1) is 5.92 Å². The predicted molar refractivity (Wildman–Crippen MR) is 96.5 cm³/mol. The van der Waals surface area contributed by atoms with E-state index in [9.17, 15) is 22.8 Å². The number of rotatable bonds is 6. The molecular weight excluding hydrogens is 373 g/mol. The Balaban J connectivity index is 1.74. The van der Waals surface area contributed by atoms with E-state index in [1.165, 1.54) is 17.2 Å². The van der Waals surface area contributed by atoms with Crippen molar-refractivity contribution in [1.82, 2.24) is 4.90 Å². The van der Waals surface area contributed by atoms with Gasteiger partial charge >= 0.3 is 6.18 Å². The van der Waals surface area contributed by atoms with Crippen molar-refractivity contribution < 1.29 is 27.2 Å². The quantitative estimate of drug-likeness (QED) is 0.749. The first-order valence-electron chi connectivity index (χ1n) is 9.04. The Bertz CT molecular complexity index is 816. The molecule has 1 aliphatic heterocycles. The van der Waals surface area contributed by atoms with Gasteiger partial charge in [0.15, 0.2) is 0 Å². The van der Waals surface area contributed by atoms with E-state index in [0.29, 0.717) is 10.6 Å². The van der Waals surface area contributed by atoms with Gasteiger partial charge in [-0.05, 0) is 36.2 Å². The van der Waals surface area contributed by atoms with E-state index < -0.39 is 24.5 Å². The number of anilines is 1. The number of hydrogen-bond donors (Lipinski definition) is 0. The van der Waals surface area contributed by atoms with Crippen molar-refractivity contribution in [2.75, 3.05) is 18.0 Å². The summed E-state index contributed by atoms with van der Waals surface area (Å²) in [6.45, 7) is 0.401. The van der Waals surface area contributed by atoms with Crippen molar-refractivity contribution in [2.45, 2.75) is 32.5 Å². The minimum Gasteiger partial charge on any atom is -0.467 e. The maximum atomic E-state index is 13.0. The van der Waals surface area contributed by atoms with E-state index in [2.05, 4.69) is 0 Å². The number of halogens is 3. The number of carbonyl (C=O) groups excluding carboxylic acids is 2. The van der Waals surface area contributed by atoms with Crippen molar-refractivity contribution in [3.05, 3.63) is 54.0 Å². The van der Waals surface area contributed by atoms with E-state index in [0.717, 1.165) is 12.0 Å². The van der Waals surface area contributed by atoms with E-state index in [1.807, 2.05) is 19.1 Å². The average molecular weight is 394 g/mol. The maximum absolute atomic E-state index is 13.0. The maximum Gasteiger partial charge on any atom is 0.406 e. The third-order valence-corrected chi connectivity index (χ3v) is 4.74. The van der Waals surface area contributed by atoms with Gasteiger partial charge in [-0.3, -0.25) is 9.59 Å². The number of benzene rings is 1. The van der Waals surface area contributed by atoms with E-state index in [1.54, 1.807) is 18.2 Å². The second kappa shape index (κ2) is 8.08. The lowest BCUT2D eigenvalue weighted by molar-refractivity contribution is -0.165. The smallest absolute Gasteiger partial charge is 0.406 e. The van der Waals surface area contributed by atoms with Gasteiger partial charge in [0, 0.05) is 18.7 Å². The van der Waals surface area contributed by atoms with Crippen LogP contribution in [0.5, 0.6) is 0 Å². The number of hydrogen-bond acceptors (Lipinski definition) is 3. The number of carbonyl (C=O) groups is 2. The third-order valence-electron chi connectivity index (χ3n) is 4.74. The number of aryl methyl sites for hydroxylation is 1.